The van der Waals surface area contributed by atoms with Crippen LogP contribution >= 0.6 is 12.4 Å². The number of likely N-dealkylation sites (tertiary alicyclic amines) is 1. The lowest BCUT2D eigenvalue weighted by molar-refractivity contribution is -0.121. The maximum absolute atomic E-state index is 13.4. The summed E-state index contributed by atoms with van der Waals surface area (Å²) in [7, 11) is 1.60. The number of hydrogen-bond donors (Lipinski definition) is 1. The van der Waals surface area contributed by atoms with E-state index in [1.165, 1.54) is 21.9 Å². The molecule has 2 heterocycles. The molecule has 3 aromatic carbocycles. The number of para-hydroxylation sites is 2. The molecule has 1 saturated heterocycles. The van der Waals surface area contributed by atoms with Crippen LogP contribution in [0.5, 0.6) is 0 Å². The van der Waals surface area contributed by atoms with Gasteiger partial charge in [-0.25, -0.2) is 4.79 Å². The Morgan fingerprint density at radius 1 is 0.971 bits per heavy atom. The fourth-order valence-electron chi connectivity index (χ4n) is 5.96. The molecule has 0 saturated carbocycles. The highest BCUT2D eigenvalue weighted by Gasteiger charge is 2.33. The third kappa shape index (κ3) is 4.03. The topological polar surface area (TPSA) is 90.8 Å². The number of carbonyl (C=O) groups excluding carboxylic acids is 1. The Balaban J connectivity index is 0.00000144. The third-order valence-electron chi connectivity index (χ3n) is 7.55. The van der Waals surface area contributed by atoms with Crippen LogP contribution in [0.25, 0.3) is 21.8 Å². The first-order chi connectivity index (χ1) is 16.2. The Kier molecular flexibility index (Phi) is 7.03. The second-order valence-electron chi connectivity index (χ2n) is 9.25. The van der Waals surface area contributed by atoms with Gasteiger partial charge in [-0.3, -0.25) is 18.8 Å². The van der Waals surface area contributed by atoms with Crippen LogP contribution in [0.1, 0.15) is 36.1 Å². The normalized spacial score (nSPS) is 17.8. The van der Waals surface area contributed by atoms with Crippen molar-refractivity contribution in [3.05, 3.63) is 82.3 Å². The van der Waals surface area contributed by atoms with Gasteiger partial charge in [-0.05, 0) is 53.3 Å². The average Bonchev–Trinajstić information content (AvgIpc) is 3.36. The molecule has 1 aliphatic heterocycles. The minimum absolute atomic E-state index is 0. The first-order valence-electron chi connectivity index (χ1n) is 11.8. The average molecular weight is 495 g/mol. The number of amides is 1. The number of benzene rings is 3. The van der Waals surface area contributed by atoms with Gasteiger partial charge in [0.05, 0.1) is 11.0 Å². The van der Waals surface area contributed by atoms with Crippen LogP contribution in [0.2, 0.25) is 0 Å². The second-order valence-corrected chi connectivity index (χ2v) is 9.25. The Bertz CT molecular complexity index is 1430. The molecule has 8 heteroatoms. The lowest BCUT2D eigenvalue weighted by atomic mass is 9.99. The molecule has 4 aromatic rings. The minimum Gasteiger partial charge on any atom is -0.412 e. The van der Waals surface area contributed by atoms with Crippen LogP contribution in [0.15, 0.2) is 65.5 Å². The van der Waals surface area contributed by atoms with E-state index in [-0.39, 0.29) is 42.1 Å². The summed E-state index contributed by atoms with van der Waals surface area (Å²) in [6.07, 6.45) is 2.92. The Hall–Kier alpha value is -3.13. The van der Waals surface area contributed by atoms with Gasteiger partial charge in [0.2, 0.25) is 5.91 Å². The van der Waals surface area contributed by atoms with Crippen LogP contribution < -0.4 is 11.0 Å². The van der Waals surface area contributed by atoms with Crippen LogP contribution in [0, 0.1) is 0 Å². The summed E-state index contributed by atoms with van der Waals surface area (Å²) >= 11 is 0. The lowest BCUT2D eigenvalue weighted by Crippen LogP contribution is -2.40. The van der Waals surface area contributed by atoms with E-state index in [1.807, 2.05) is 28.8 Å². The van der Waals surface area contributed by atoms with Gasteiger partial charge in [0.1, 0.15) is 6.54 Å². The summed E-state index contributed by atoms with van der Waals surface area (Å²) in [5.74, 6) is -0.162. The van der Waals surface area contributed by atoms with E-state index in [2.05, 4.69) is 46.6 Å². The molecule has 35 heavy (non-hydrogen) atoms. The molecule has 0 spiro atoms. The maximum Gasteiger partial charge on any atom is 0.329 e. The molecule has 1 aliphatic carbocycles. The molecule has 7 nitrogen and oxygen atoms in total. The van der Waals surface area contributed by atoms with E-state index in [4.69, 9.17) is 0 Å². The SMILES string of the molecule is CNC(=O)Cn1c(=O)n(C2CCN([C@@H]3Cc4cccc5cccc3c45)CC2)c2ccccc21.Cl.O. The molecule has 1 atom stereocenters. The Morgan fingerprint density at radius 2 is 1.66 bits per heavy atom. The van der Waals surface area contributed by atoms with E-state index in [1.54, 1.807) is 11.6 Å². The van der Waals surface area contributed by atoms with Gasteiger partial charge >= 0.3 is 5.69 Å². The number of likely N-dealkylation sites (N-methyl/N-ethyl adjacent to an activating group) is 1. The molecular formula is C27H31ClN4O3. The molecule has 184 valence electrons. The largest absolute Gasteiger partial charge is 0.412 e. The van der Waals surface area contributed by atoms with E-state index < -0.39 is 0 Å². The zero-order valence-corrected chi connectivity index (χ0v) is 20.6. The number of hydrogen-bond acceptors (Lipinski definition) is 3. The molecule has 1 aromatic heterocycles. The number of piperidine rings is 1. The van der Waals surface area contributed by atoms with Crippen LogP contribution in [-0.2, 0) is 17.8 Å². The predicted octanol–water partition coefficient (Wildman–Crippen LogP) is 3.23. The van der Waals surface area contributed by atoms with Gasteiger partial charge in [0.25, 0.3) is 0 Å². The van der Waals surface area contributed by atoms with Crippen molar-refractivity contribution in [3.63, 3.8) is 0 Å². The van der Waals surface area contributed by atoms with Crippen molar-refractivity contribution in [1.29, 1.82) is 0 Å². The summed E-state index contributed by atoms with van der Waals surface area (Å²) in [5.41, 5.74) is 4.55. The van der Waals surface area contributed by atoms with Crippen molar-refractivity contribution in [3.8, 4) is 0 Å². The molecule has 0 bridgehead atoms. The highest BCUT2D eigenvalue weighted by atomic mass is 35.5. The smallest absolute Gasteiger partial charge is 0.329 e. The monoisotopic (exact) mass is 494 g/mol. The van der Waals surface area contributed by atoms with Gasteiger partial charge in [0, 0.05) is 32.2 Å². The van der Waals surface area contributed by atoms with Crippen molar-refractivity contribution in [1.82, 2.24) is 19.4 Å². The van der Waals surface area contributed by atoms with Crippen molar-refractivity contribution < 1.29 is 10.3 Å². The van der Waals surface area contributed by atoms with Gasteiger partial charge in [-0.1, -0.05) is 48.5 Å². The number of nitrogens with one attached hydrogen (secondary N) is 1. The first-order valence-corrected chi connectivity index (χ1v) is 11.8. The molecule has 3 N–H and O–H groups in total. The molecule has 0 radical (unpaired) electrons. The van der Waals surface area contributed by atoms with E-state index >= 15 is 0 Å². The lowest BCUT2D eigenvalue weighted by Gasteiger charge is -2.36. The summed E-state index contributed by atoms with van der Waals surface area (Å²) in [4.78, 5) is 28.0. The fraction of sp³-hybridized carbons (Fsp3) is 0.333. The molecular weight excluding hydrogens is 464 g/mol. The Labute approximate surface area is 210 Å². The first kappa shape index (κ1) is 25.0. The van der Waals surface area contributed by atoms with E-state index in [9.17, 15) is 9.59 Å². The predicted molar refractivity (Wildman–Crippen MR) is 141 cm³/mol. The van der Waals surface area contributed by atoms with E-state index in [0.29, 0.717) is 6.04 Å². The highest BCUT2D eigenvalue weighted by Crippen LogP contribution is 2.41. The number of rotatable bonds is 4. The van der Waals surface area contributed by atoms with Crippen LogP contribution in [-0.4, -0.2) is 45.6 Å². The fourth-order valence-corrected chi connectivity index (χ4v) is 5.96. The quantitative estimate of drug-likeness (QED) is 0.472. The number of aromatic nitrogens is 2. The van der Waals surface area contributed by atoms with Gasteiger partial charge < -0.3 is 10.8 Å². The van der Waals surface area contributed by atoms with Crippen LogP contribution in [0.4, 0.5) is 0 Å². The maximum atomic E-state index is 13.4. The van der Waals surface area contributed by atoms with Crippen LogP contribution in [0.3, 0.4) is 0 Å². The second kappa shape index (κ2) is 9.85. The standard InChI is InChI=1S/C27H28N4O2.ClH.H2O/c1-28-25(32)17-30-22-10-2-3-11-23(22)31(27(30)33)20-12-14-29(15-13-20)24-16-19-8-4-6-18-7-5-9-21(24)26(18)19;;/h2-11,20,24H,12-17H2,1H3,(H,28,32);1H;1H2/t24-;;/m1../s1. The molecule has 6 rings (SSSR count). The van der Waals surface area contributed by atoms with Crippen molar-refractivity contribution in [2.45, 2.75) is 37.9 Å². The van der Waals surface area contributed by atoms with E-state index in [0.717, 1.165) is 43.4 Å². The third-order valence-corrected chi connectivity index (χ3v) is 7.55. The molecule has 1 amide bonds. The number of fused-ring (bicyclic) bond motifs is 1. The summed E-state index contributed by atoms with van der Waals surface area (Å²) in [6.45, 7) is 1.97. The van der Waals surface area contributed by atoms with Crippen molar-refractivity contribution >= 4 is 40.1 Å². The zero-order valence-electron chi connectivity index (χ0n) is 19.7. The zero-order chi connectivity index (χ0) is 22.5. The number of carbonyl (C=O) groups is 1. The molecule has 2 aliphatic rings. The Morgan fingerprint density at radius 3 is 2.37 bits per heavy atom. The number of nitrogens with zero attached hydrogens (tertiary/aromatic N) is 3. The summed E-state index contributed by atoms with van der Waals surface area (Å²) < 4.78 is 3.54. The molecule has 0 unspecified atom stereocenters. The molecule has 1 fully saturated rings. The summed E-state index contributed by atoms with van der Waals surface area (Å²) in [5, 5.41) is 5.39. The van der Waals surface area contributed by atoms with Gasteiger partial charge in [0.15, 0.2) is 0 Å². The highest BCUT2D eigenvalue weighted by molar-refractivity contribution is 5.91. The number of imidazole rings is 1. The van der Waals surface area contributed by atoms with Crippen molar-refractivity contribution in [2.75, 3.05) is 20.1 Å². The van der Waals surface area contributed by atoms with Gasteiger partial charge in [-0.2, -0.15) is 0 Å². The minimum atomic E-state index is -0.162. The van der Waals surface area contributed by atoms with Crippen molar-refractivity contribution in [2.24, 2.45) is 0 Å². The number of halogens is 1. The van der Waals surface area contributed by atoms with Gasteiger partial charge in [-0.15, -0.1) is 12.4 Å². The summed E-state index contributed by atoms with van der Waals surface area (Å²) in [6, 6.07) is 21.7.